The minimum Gasteiger partial charge on any atom is -0.495 e. The van der Waals surface area contributed by atoms with Gasteiger partial charge in [0.05, 0.1) is 12.6 Å². The van der Waals surface area contributed by atoms with Crippen molar-refractivity contribution in [3.05, 3.63) is 29.5 Å². The number of aromatic nitrogens is 1. The van der Waals surface area contributed by atoms with Gasteiger partial charge in [-0.05, 0) is 37.0 Å². The highest BCUT2D eigenvalue weighted by atomic mass is 16.5. The number of aryl methyl sites for hydroxylation is 1. The highest BCUT2D eigenvalue weighted by Gasteiger charge is 2.36. The average molecular weight is 258 g/mol. The number of benzene rings is 1. The van der Waals surface area contributed by atoms with Gasteiger partial charge in [0, 0.05) is 23.5 Å². The van der Waals surface area contributed by atoms with Crippen molar-refractivity contribution < 1.29 is 4.74 Å². The van der Waals surface area contributed by atoms with E-state index in [0.717, 1.165) is 17.8 Å². The van der Waals surface area contributed by atoms with E-state index in [9.17, 15) is 0 Å². The second-order valence-corrected chi connectivity index (χ2v) is 5.73. The van der Waals surface area contributed by atoms with Gasteiger partial charge in [-0.1, -0.05) is 18.9 Å². The van der Waals surface area contributed by atoms with E-state index in [1.165, 1.54) is 42.2 Å². The van der Waals surface area contributed by atoms with Gasteiger partial charge in [-0.2, -0.15) is 0 Å². The zero-order chi connectivity index (χ0) is 13.5. The smallest absolute Gasteiger partial charge is 0.142 e. The fourth-order valence-electron chi connectivity index (χ4n) is 3.62. The maximum Gasteiger partial charge on any atom is 0.142 e. The zero-order valence-electron chi connectivity index (χ0n) is 11.8. The molecule has 1 aliphatic rings. The Bertz CT molecular complexity index is 594. The van der Waals surface area contributed by atoms with Crippen LogP contribution in [0, 0.1) is 6.92 Å². The lowest BCUT2D eigenvalue weighted by Crippen LogP contribution is -2.31. The molecular weight excluding hydrogens is 236 g/mol. The summed E-state index contributed by atoms with van der Waals surface area (Å²) in [5.41, 5.74) is 10.1. The van der Waals surface area contributed by atoms with Gasteiger partial charge in [0.15, 0.2) is 0 Å². The number of rotatable bonds is 3. The number of hydrogen-bond acceptors (Lipinski definition) is 2. The summed E-state index contributed by atoms with van der Waals surface area (Å²) in [6, 6.07) is 4.17. The first-order chi connectivity index (χ1) is 9.22. The van der Waals surface area contributed by atoms with Crippen molar-refractivity contribution in [3.8, 4) is 5.75 Å². The highest BCUT2D eigenvalue weighted by Crippen LogP contribution is 2.45. The van der Waals surface area contributed by atoms with Gasteiger partial charge in [0.1, 0.15) is 5.75 Å². The Hall–Kier alpha value is -1.48. The van der Waals surface area contributed by atoms with Crippen molar-refractivity contribution in [2.24, 2.45) is 5.73 Å². The van der Waals surface area contributed by atoms with E-state index in [2.05, 4.69) is 24.2 Å². The molecule has 0 aliphatic heterocycles. The number of nitrogens with one attached hydrogen (secondary N) is 1. The van der Waals surface area contributed by atoms with Crippen LogP contribution in [0.5, 0.6) is 5.75 Å². The quantitative estimate of drug-likeness (QED) is 0.888. The summed E-state index contributed by atoms with van der Waals surface area (Å²) in [5.74, 6) is 0.914. The Morgan fingerprint density at radius 1 is 1.32 bits per heavy atom. The van der Waals surface area contributed by atoms with Crippen molar-refractivity contribution >= 4 is 10.9 Å². The number of hydrogen-bond donors (Lipinski definition) is 2. The molecule has 0 atom stereocenters. The molecule has 0 spiro atoms. The first-order valence-corrected chi connectivity index (χ1v) is 7.07. The molecular formula is C16H22N2O. The predicted octanol–water partition coefficient (Wildman–Crippen LogP) is 3.26. The van der Waals surface area contributed by atoms with Gasteiger partial charge in [-0.15, -0.1) is 0 Å². The molecule has 3 rings (SSSR count). The van der Waals surface area contributed by atoms with E-state index < -0.39 is 0 Å². The summed E-state index contributed by atoms with van der Waals surface area (Å²) in [4.78, 5) is 3.40. The lowest BCUT2D eigenvalue weighted by atomic mass is 9.78. The van der Waals surface area contributed by atoms with Crippen molar-refractivity contribution in [1.82, 2.24) is 4.98 Å². The molecule has 0 unspecified atom stereocenters. The van der Waals surface area contributed by atoms with Crippen molar-refractivity contribution in [1.29, 1.82) is 0 Å². The Kier molecular flexibility index (Phi) is 3.02. The molecule has 3 heteroatoms. The molecule has 3 N–H and O–H groups in total. The van der Waals surface area contributed by atoms with Crippen LogP contribution in [-0.4, -0.2) is 18.6 Å². The highest BCUT2D eigenvalue weighted by molar-refractivity contribution is 5.92. The van der Waals surface area contributed by atoms with Crippen LogP contribution in [0.25, 0.3) is 10.9 Å². The third kappa shape index (κ3) is 1.76. The van der Waals surface area contributed by atoms with Crippen LogP contribution >= 0.6 is 0 Å². The van der Waals surface area contributed by atoms with Crippen LogP contribution in [0.15, 0.2) is 18.3 Å². The number of ether oxygens (including phenoxy) is 1. The lowest BCUT2D eigenvalue weighted by Gasteiger charge is -2.27. The monoisotopic (exact) mass is 258 g/mol. The minimum absolute atomic E-state index is 0.162. The molecule has 0 radical (unpaired) electrons. The fraction of sp³-hybridized carbons (Fsp3) is 0.500. The molecule has 2 aromatic rings. The Morgan fingerprint density at radius 3 is 2.68 bits per heavy atom. The van der Waals surface area contributed by atoms with Crippen LogP contribution < -0.4 is 10.5 Å². The maximum absolute atomic E-state index is 6.13. The van der Waals surface area contributed by atoms with Gasteiger partial charge in [-0.25, -0.2) is 0 Å². The van der Waals surface area contributed by atoms with E-state index in [1.807, 2.05) is 6.07 Å². The SMILES string of the molecule is COc1ccc(C)c2c(C3(CN)CCCC3)c[nH]c12. The Labute approximate surface area is 114 Å². The number of methoxy groups -OCH3 is 1. The van der Waals surface area contributed by atoms with Crippen LogP contribution in [0.2, 0.25) is 0 Å². The summed E-state index contributed by atoms with van der Waals surface area (Å²) in [6.45, 7) is 2.90. The summed E-state index contributed by atoms with van der Waals surface area (Å²) in [7, 11) is 1.72. The van der Waals surface area contributed by atoms with E-state index in [0.29, 0.717) is 0 Å². The second-order valence-electron chi connectivity index (χ2n) is 5.73. The summed E-state index contributed by atoms with van der Waals surface area (Å²) < 4.78 is 5.46. The molecule has 1 heterocycles. The molecule has 1 aliphatic carbocycles. The standard InChI is InChI=1S/C16H22N2O/c1-11-5-6-13(19-2)15-14(11)12(9-18-15)16(10-17)7-3-4-8-16/h5-6,9,18H,3-4,7-8,10,17H2,1-2H3. The van der Waals surface area contributed by atoms with Crippen LogP contribution in [0.1, 0.15) is 36.8 Å². The molecule has 102 valence electrons. The maximum atomic E-state index is 6.13. The molecule has 1 saturated carbocycles. The van der Waals surface area contributed by atoms with Gasteiger partial charge in [0.25, 0.3) is 0 Å². The molecule has 3 nitrogen and oxygen atoms in total. The number of aromatic amines is 1. The summed E-state index contributed by atoms with van der Waals surface area (Å²) in [5, 5.41) is 1.31. The topological polar surface area (TPSA) is 51.0 Å². The van der Waals surface area contributed by atoms with Gasteiger partial charge in [0.2, 0.25) is 0 Å². The van der Waals surface area contributed by atoms with Gasteiger partial charge >= 0.3 is 0 Å². The lowest BCUT2D eigenvalue weighted by molar-refractivity contribution is 0.419. The van der Waals surface area contributed by atoms with Gasteiger partial charge in [-0.3, -0.25) is 0 Å². The third-order valence-corrected chi connectivity index (χ3v) is 4.75. The molecule has 1 aromatic heterocycles. The number of nitrogens with two attached hydrogens (primary N) is 1. The van der Waals surface area contributed by atoms with E-state index >= 15 is 0 Å². The molecule has 0 saturated heterocycles. The average Bonchev–Trinajstić information content (AvgIpc) is 3.06. The first kappa shape index (κ1) is 12.5. The van der Waals surface area contributed by atoms with Crippen molar-refractivity contribution in [2.45, 2.75) is 38.0 Å². The molecule has 0 bridgehead atoms. The predicted molar refractivity (Wildman–Crippen MR) is 78.8 cm³/mol. The molecule has 0 amide bonds. The van der Waals surface area contributed by atoms with Crippen molar-refractivity contribution in [3.63, 3.8) is 0 Å². The normalized spacial score (nSPS) is 18.1. The third-order valence-electron chi connectivity index (χ3n) is 4.75. The summed E-state index contributed by atoms with van der Waals surface area (Å²) >= 11 is 0. The largest absolute Gasteiger partial charge is 0.495 e. The second kappa shape index (κ2) is 4.57. The molecule has 1 fully saturated rings. The number of fused-ring (bicyclic) bond motifs is 1. The van der Waals surface area contributed by atoms with Gasteiger partial charge < -0.3 is 15.5 Å². The first-order valence-electron chi connectivity index (χ1n) is 7.07. The van der Waals surface area contributed by atoms with E-state index in [1.54, 1.807) is 7.11 Å². The Balaban J connectivity index is 2.25. The zero-order valence-corrected chi connectivity index (χ0v) is 11.8. The van der Waals surface area contributed by atoms with E-state index in [-0.39, 0.29) is 5.41 Å². The van der Waals surface area contributed by atoms with E-state index in [4.69, 9.17) is 10.5 Å². The van der Waals surface area contributed by atoms with Crippen molar-refractivity contribution in [2.75, 3.05) is 13.7 Å². The fourth-order valence-corrected chi connectivity index (χ4v) is 3.62. The minimum atomic E-state index is 0.162. The van der Waals surface area contributed by atoms with Crippen LogP contribution in [0.3, 0.4) is 0 Å². The Morgan fingerprint density at radius 2 is 2.05 bits per heavy atom. The van der Waals surface area contributed by atoms with Crippen LogP contribution in [0.4, 0.5) is 0 Å². The molecule has 19 heavy (non-hydrogen) atoms. The molecule has 1 aromatic carbocycles. The van der Waals surface area contributed by atoms with Crippen LogP contribution in [-0.2, 0) is 5.41 Å². The number of H-pyrrole nitrogens is 1. The summed E-state index contributed by atoms with van der Waals surface area (Å²) in [6.07, 6.45) is 7.12.